The summed E-state index contributed by atoms with van der Waals surface area (Å²) in [6, 6.07) is 12.5. The Morgan fingerprint density at radius 3 is 2.34 bits per heavy atom. The molecule has 0 aromatic heterocycles. The van der Waals surface area contributed by atoms with E-state index in [9.17, 15) is 19.5 Å². The fraction of sp³-hybridized carbons (Fsp3) is 0.545. The fourth-order valence-corrected chi connectivity index (χ4v) is 5.25. The van der Waals surface area contributed by atoms with Gasteiger partial charge in [-0.25, -0.2) is 4.79 Å². The highest BCUT2D eigenvalue weighted by molar-refractivity contribution is 5.92. The topological polar surface area (TPSA) is 108 Å². The highest BCUT2D eigenvalue weighted by Crippen LogP contribution is 2.27. The molecule has 2 unspecified atom stereocenters. The van der Waals surface area contributed by atoms with Crippen molar-refractivity contribution in [3.8, 4) is 5.75 Å². The maximum absolute atomic E-state index is 14.4. The van der Waals surface area contributed by atoms with Crippen molar-refractivity contribution < 1.29 is 24.2 Å². The molecule has 8 nitrogen and oxygen atoms in total. The van der Waals surface area contributed by atoms with Crippen LogP contribution in [-0.2, 0) is 20.7 Å². The largest absolute Gasteiger partial charge is 0.508 e. The molecular formula is C33H47N3O5. The van der Waals surface area contributed by atoms with Crippen molar-refractivity contribution in [1.29, 1.82) is 0 Å². The number of nitrogens with zero attached hydrogens (tertiary/aromatic N) is 1. The number of phenols is 1. The Labute approximate surface area is 244 Å². The van der Waals surface area contributed by atoms with Gasteiger partial charge in [0.25, 0.3) is 0 Å². The summed E-state index contributed by atoms with van der Waals surface area (Å²) in [5.74, 6) is -0.449. The van der Waals surface area contributed by atoms with E-state index in [0.29, 0.717) is 13.0 Å². The van der Waals surface area contributed by atoms with Crippen LogP contribution in [0.1, 0.15) is 95.4 Å². The predicted octanol–water partition coefficient (Wildman–Crippen LogP) is 5.96. The van der Waals surface area contributed by atoms with Crippen LogP contribution in [0, 0.1) is 6.92 Å². The quantitative estimate of drug-likeness (QED) is 0.312. The summed E-state index contributed by atoms with van der Waals surface area (Å²) in [6.07, 6.45) is 6.18. The third-order valence-electron chi connectivity index (χ3n) is 7.27. The third kappa shape index (κ3) is 10.1. The molecular weight excluding hydrogens is 518 g/mol. The second-order valence-corrected chi connectivity index (χ2v) is 12.1. The van der Waals surface area contributed by atoms with Crippen LogP contribution in [0.3, 0.4) is 0 Å². The monoisotopic (exact) mass is 565 g/mol. The van der Waals surface area contributed by atoms with Crippen molar-refractivity contribution in [2.75, 3.05) is 6.54 Å². The molecule has 1 fully saturated rings. The minimum atomic E-state index is -0.985. The molecule has 2 aromatic rings. The van der Waals surface area contributed by atoms with Gasteiger partial charge in [0.2, 0.25) is 11.8 Å². The lowest BCUT2D eigenvalue weighted by atomic mass is 9.94. The summed E-state index contributed by atoms with van der Waals surface area (Å²) in [6.45, 7) is 9.66. The first-order chi connectivity index (χ1) is 19.5. The molecule has 0 radical (unpaired) electrons. The molecule has 3 N–H and O–H groups in total. The third-order valence-corrected chi connectivity index (χ3v) is 7.27. The minimum Gasteiger partial charge on any atom is -0.508 e. The second kappa shape index (κ2) is 14.9. The normalized spacial score (nSPS) is 15.4. The number of carbonyl (C=O) groups is 3. The van der Waals surface area contributed by atoms with Gasteiger partial charge >= 0.3 is 6.09 Å². The van der Waals surface area contributed by atoms with Crippen molar-refractivity contribution in [2.24, 2.45) is 0 Å². The smallest absolute Gasteiger partial charge is 0.408 e. The van der Waals surface area contributed by atoms with Gasteiger partial charge in [-0.3, -0.25) is 9.59 Å². The molecule has 1 saturated carbocycles. The van der Waals surface area contributed by atoms with E-state index in [2.05, 4.69) is 10.6 Å². The Kier molecular flexibility index (Phi) is 11.6. The lowest BCUT2D eigenvalue weighted by Crippen LogP contribution is -2.54. The van der Waals surface area contributed by atoms with Gasteiger partial charge in [-0.15, -0.1) is 0 Å². The number of unbranched alkanes of at least 4 members (excludes halogenated alkanes) is 1. The SMILES string of the molecule is CCCCN(C(=O)C(Cc1ccc(O)cc1)NC(=O)OC(C)(C)C)C(C(=O)NC1CCCCC1)c1cccc(C)c1. The number of alkyl carbamates (subject to hydrolysis) is 1. The van der Waals surface area contributed by atoms with Crippen LogP contribution in [0.5, 0.6) is 5.75 Å². The molecule has 8 heteroatoms. The number of carbonyl (C=O) groups excluding carboxylic acids is 3. The van der Waals surface area contributed by atoms with Crippen LogP contribution in [0.25, 0.3) is 0 Å². The van der Waals surface area contributed by atoms with E-state index in [1.165, 1.54) is 6.42 Å². The number of rotatable bonds is 11. The molecule has 0 aliphatic heterocycles. The summed E-state index contributed by atoms with van der Waals surface area (Å²) in [4.78, 5) is 43.0. The summed E-state index contributed by atoms with van der Waals surface area (Å²) < 4.78 is 5.50. The predicted molar refractivity (Wildman–Crippen MR) is 161 cm³/mol. The number of phenolic OH excluding ortho intramolecular Hbond substituents is 1. The maximum atomic E-state index is 14.4. The number of ether oxygens (including phenoxy) is 1. The summed E-state index contributed by atoms with van der Waals surface area (Å²) in [5.41, 5.74) is 1.74. The summed E-state index contributed by atoms with van der Waals surface area (Å²) in [5, 5.41) is 15.8. The number of aryl methyl sites for hydroxylation is 1. The summed E-state index contributed by atoms with van der Waals surface area (Å²) >= 11 is 0. The number of hydrogen-bond donors (Lipinski definition) is 3. The van der Waals surface area contributed by atoms with Crippen LogP contribution in [0.15, 0.2) is 48.5 Å². The van der Waals surface area contributed by atoms with E-state index >= 15 is 0 Å². The first-order valence-electron chi connectivity index (χ1n) is 14.9. The molecule has 0 spiro atoms. The lowest BCUT2D eigenvalue weighted by molar-refractivity contribution is -0.143. The molecule has 0 bridgehead atoms. The van der Waals surface area contributed by atoms with E-state index < -0.39 is 23.8 Å². The summed E-state index contributed by atoms with van der Waals surface area (Å²) in [7, 11) is 0. The second-order valence-electron chi connectivity index (χ2n) is 12.1. The first-order valence-corrected chi connectivity index (χ1v) is 14.9. The number of nitrogens with one attached hydrogen (secondary N) is 2. The molecule has 41 heavy (non-hydrogen) atoms. The Hall–Kier alpha value is -3.55. The van der Waals surface area contributed by atoms with E-state index in [-0.39, 0.29) is 30.0 Å². The number of benzene rings is 2. The highest BCUT2D eigenvalue weighted by atomic mass is 16.6. The van der Waals surface area contributed by atoms with E-state index in [0.717, 1.165) is 48.8 Å². The van der Waals surface area contributed by atoms with Crippen LogP contribution >= 0.6 is 0 Å². The van der Waals surface area contributed by atoms with Crippen molar-refractivity contribution in [2.45, 2.75) is 110 Å². The van der Waals surface area contributed by atoms with E-state index in [1.807, 2.05) is 38.1 Å². The van der Waals surface area contributed by atoms with Gasteiger partial charge in [0.15, 0.2) is 0 Å². The van der Waals surface area contributed by atoms with Crippen molar-refractivity contribution >= 4 is 17.9 Å². The molecule has 224 valence electrons. The fourth-order valence-electron chi connectivity index (χ4n) is 5.25. The van der Waals surface area contributed by atoms with Crippen molar-refractivity contribution in [3.63, 3.8) is 0 Å². The van der Waals surface area contributed by atoms with Gasteiger partial charge in [0, 0.05) is 19.0 Å². The van der Waals surface area contributed by atoms with Gasteiger partial charge in [-0.1, -0.05) is 74.6 Å². The van der Waals surface area contributed by atoms with Crippen LogP contribution in [0.4, 0.5) is 4.79 Å². The van der Waals surface area contributed by atoms with Gasteiger partial charge < -0.3 is 25.4 Å². The van der Waals surface area contributed by atoms with Gasteiger partial charge in [-0.05, 0) is 70.2 Å². The molecule has 3 amide bonds. The lowest BCUT2D eigenvalue weighted by Gasteiger charge is -2.36. The first kappa shape index (κ1) is 32.0. The van der Waals surface area contributed by atoms with Crippen LogP contribution in [-0.4, -0.2) is 52.1 Å². The Bertz CT molecular complexity index is 1150. The maximum Gasteiger partial charge on any atom is 0.408 e. The highest BCUT2D eigenvalue weighted by Gasteiger charge is 2.37. The molecule has 2 aromatic carbocycles. The minimum absolute atomic E-state index is 0.0827. The standard InChI is InChI=1S/C33H47N3O5/c1-6-7-20-36(29(25-13-11-12-23(2)21-25)30(38)34-26-14-9-8-10-15-26)31(39)28(35-32(40)41-33(3,4)5)22-24-16-18-27(37)19-17-24/h11-13,16-19,21,26,28-29,37H,6-10,14-15,20,22H2,1-5H3,(H,34,38)(H,35,40). The molecule has 0 saturated heterocycles. The number of hydrogen-bond acceptors (Lipinski definition) is 5. The Morgan fingerprint density at radius 1 is 1.05 bits per heavy atom. The van der Waals surface area contributed by atoms with Gasteiger partial charge in [-0.2, -0.15) is 0 Å². The van der Waals surface area contributed by atoms with Gasteiger partial charge in [0.1, 0.15) is 23.4 Å². The molecule has 0 heterocycles. The van der Waals surface area contributed by atoms with Crippen LogP contribution in [0.2, 0.25) is 0 Å². The zero-order valence-electron chi connectivity index (χ0n) is 25.2. The average Bonchev–Trinajstić information content (AvgIpc) is 2.91. The van der Waals surface area contributed by atoms with E-state index in [4.69, 9.17) is 4.74 Å². The van der Waals surface area contributed by atoms with Crippen molar-refractivity contribution in [1.82, 2.24) is 15.5 Å². The Morgan fingerprint density at radius 2 is 1.73 bits per heavy atom. The van der Waals surface area contributed by atoms with Crippen LogP contribution < -0.4 is 10.6 Å². The molecule has 1 aliphatic carbocycles. The number of aromatic hydroxyl groups is 1. The molecule has 2 atom stereocenters. The average molecular weight is 566 g/mol. The zero-order chi connectivity index (χ0) is 30.0. The van der Waals surface area contributed by atoms with E-state index in [1.54, 1.807) is 49.9 Å². The van der Waals surface area contributed by atoms with Gasteiger partial charge in [0.05, 0.1) is 0 Å². The Balaban J connectivity index is 2.00. The molecule has 3 rings (SSSR count). The zero-order valence-corrected chi connectivity index (χ0v) is 25.2. The molecule has 1 aliphatic rings. The number of amides is 3. The van der Waals surface area contributed by atoms with Crippen molar-refractivity contribution in [3.05, 3.63) is 65.2 Å².